The zero-order chi connectivity index (χ0) is 14.0. The van der Waals surface area contributed by atoms with Crippen LogP contribution in [-0.2, 0) is 6.42 Å². The van der Waals surface area contributed by atoms with Gasteiger partial charge in [-0.3, -0.25) is 0 Å². The van der Waals surface area contributed by atoms with E-state index in [-0.39, 0.29) is 0 Å². The SMILES string of the molecule is C=C(CC(C)(C)C)c1ccccc1CC(C)(C)C. The van der Waals surface area contributed by atoms with E-state index in [4.69, 9.17) is 0 Å². The van der Waals surface area contributed by atoms with E-state index in [9.17, 15) is 0 Å². The van der Waals surface area contributed by atoms with Gasteiger partial charge in [0.25, 0.3) is 0 Å². The zero-order valence-electron chi connectivity index (χ0n) is 12.9. The molecule has 100 valence electrons. The molecule has 0 amide bonds. The molecule has 0 aliphatic rings. The lowest BCUT2D eigenvalue weighted by Crippen LogP contribution is -2.12. The molecule has 0 heterocycles. The van der Waals surface area contributed by atoms with Crippen molar-refractivity contribution in [3.05, 3.63) is 42.0 Å². The average Bonchev–Trinajstić information content (AvgIpc) is 2.12. The minimum Gasteiger partial charge on any atom is -0.0952 e. The highest BCUT2D eigenvalue weighted by Gasteiger charge is 2.18. The molecule has 0 bridgehead atoms. The molecule has 0 heteroatoms. The summed E-state index contributed by atoms with van der Waals surface area (Å²) in [5.41, 5.74) is 4.66. The van der Waals surface area contributed by atoms with Crippen LogP contribution in [0.15, 0.2) is 30.8 Å². The van der Waals surface area contributed by atoms with Crippen LogP contribution in [-0.4, -0.2) is 0 Å². The third kappa shape index (κ3) is 5.08. The third-order valence-electron chi connectivity index (χ3n) is 2.86. The summed E-state index contributed by atoms with van der Waals surface area (Å²) in [6.45, 7) is 18.0. The van der Waals surface area contributed by atoms with Gasteiger partial charge in [0.15, 0.2) is 0 Å². The van der Waals surface area contributed by atoms with E-state index in [0.717, 1.165) is 12.8 Å². The molecule has 0 atom stereocenters. The molecule has 18 heavy (non-hydrogen) atoms. The van der Waals surface area contributed by atoms with E-state index in [1.165, 1.54) is 16.7 Å². The Balaban J connectivity index is 2.99. The van der Waals surface area contributed by atoms with Gasteiger partial charge in [-0.15, -0.1) is 0 Å². The highest BCUT2D eigenvalue weighted by atomic mass is 14.2. The molecule has 0 aliphatic heterocycles. The van der Waals surface area contributed by atoms with Gasteiger partial charge in [-0.1, -0.05) is 72.4 Å². The van der Waals surface area contributed by atoms with Crippen LogP contribution in [0, 0.1) is 10.8 Å². The lowest BCUT2D eigenvalue weighted by Gasteiger charge is -2.24. The van der Waals surface area contributed by atoms with Crippen molar-refractivity contribution in [2.45, 2.75) is 54.4 Å². The fraction of sp³-hybridized carbons (Fsp3) is 0.556. The number of hydrogen-bond donors (Lipinski definition) is 0. The van der Waals surface area contributed by atoms with Crippen molar-refractivity contribution in [1.82, 2.24) is 0 Å². The van der Waals surface area contributed by atoms with Crippen molar-refractivity contribution in [3.8, 4) is 0 Å². The molecule has 1 rings (SSSR count). The first kappa shape index (κ1) is 15.0. The molecule has 0 unspecified atom stereocenters. The van der Waals surface area contributed by atoms with Crippen molar-refractivity contribution in [3.63, 3.8) is 0 Å². The van der Waals surface area contributed by atoms with Crippen molar-refractivity contribution >= 4 is 5.57 Å². The predicted octanol–water partition coefficient (Wildman–Crippen LogP) is 5.72. The van der Waals surface area contributed by atoms with Crippen LogP contribution in [0.25, 0.3) is 5.57 Å². The first-order chi connectivity index (χ1) is 8.08. The molecule has 0 fully saturated rings. The summed E-state index contributed by atoms with van der Waals surface area (Å²) < 4.78 is 0. The monoisotopic (exact) mass is 244 g/mol. The Labute approximate surface area is 113 Å². The van der Waals surface area contributed by atoms with E-state index < -0.39 is 0 Å². The lowest BCUT2D eigenvalue weighted by atomic mass is 9.81. The molecular formula is C18H28. The average molecular weight is 244 g/mol. The summed E-state index contributed by atoms with van der Waals surface area (Å²) in [4.78, 5) is 0. The summed E-state index contributed by atoms with van der Waals surface area (Å²) in [5, 5.41) is 0. The second kappa shape index (κ2) is 5.30. The molecule has 1 aromatic rings. The van der Waals surface area contributed by atoms with Gasteiger partial charge in [-0.25, -0.2) is 0 Å². The van der Waals surface area contributed by atoms with Crippen LogP contribution in [0.4, 0.5) is 0 Å². The van der Waals surface area contributed by atoms with Crippen LogP contribution >= 0.6 is 0 Å². The van der Waals surface area contributed by atoms with Crippen LogP contribution in [0.2, 0.25) is 0 Å². The normalized spacial score (nSPS) is 12.6. The standard InChI is InChI=1S/C18H28/c1-14(12-17(2,3)4)16-11-9-8-10-15(16)13-18(5,6)7/h8-11H,1,12-13H2,2-7H3. The first-order valence-electron chi connectivity index (χ1n) is 6.85. The van der Waals surface area contributed by atoms with E-state index in [1.54, 1.807) is 0 Å². The molecule has 0 aliphatic carbocycles. The number of allylic oxidation sites excluding steroid dienone is 1. The Morgan fingerprint density at radius 1 is 0.944 bits per heavy atom. The summed E-state index contributed by atoms with van der Waals surface area (Å²) in [7, 11) is 0. The number of rotatable bonds is 3. The van der Waals surface area contributed by atoms with E-state index in [1.807, 2.05) is 0 Å². The molecule has 0 N–H and O–H groups in total. The van der Waals surface area contributed by atoms with Gasteiger partial charge in [-0.05, 0) is 40.4 Å². The quantitative estimate of drug-likeness (QED) is 0.637. The largest absolute Gasteiger partial charge is 0.0952 e. The smallest absolute Gasteiger partial charge is 0.0198 e. The van der Waals surface area contributed by atoms with Gasteiger partial charge in [0.2, 0.25) is 0 Å². The molecule has 0 saturated heterocycles. The summed E-state index contributed by atoms with van der Waals surface area (Å²) in [6, 6.07) is 8.72. The van der Waals surface area contributed by atoms with E-state index in [2.05, 4.69) is 72.4 Å². The van der Waals surface area contributed by atoms with Crippen molar-refractivity contribution < 1.29 is 0 Å². The van der Waals surface area contributed by atoms with Gasteiger partial charge in [0, 0.05) is 0 Å². The van der Waals surface area contributed by atoms with Crippen LogP contribution in [0.3, 0.4) is 0 Å². The van der Waals surface area contributed by atoms with Crippen molar-refractivity contribution in [1.29, 1.82) is 0 Å². The molecule has 0 spiro atoms. The Bertz CT molecular complexity index is 410. The maximum atomic E-state index is 4.30. The molecule has 0 nitrogen and oxygen atoms in total. The summed E-state index contributed by atoms with van der Waals surface area (Å²) >= 11 is 0. The lowest BCUT2D eigenvalue weighted by molar-refractivity contribution is 0.409. The molecular weight excluding hydrogens is 216 g/mol. The van der Waals surface area contributed by atoms with E-state index in [0.29, 0.717) is 10.8 Å². The first-order valence-corrected chi connectivity index (χ1v) is 6.85. The Morgan fingerprint density at radius 3 is 2.00 bits per heavy atom. The maximum Gasteiger partial charge on any atom is -0.0198 e. The van der Waals surface area contributed by atoms with Gasteiger partial charge < -0.3 is 0 Å². The zero-order valence-corrected chi connectivity index (χ0v) is 12.9. The minimum absolute atomic E-state index is 0.298. The Hall–Kier alpha value is -1.04. The Kier molecular flexibility index (Phi) is 4.42. The second-order valence-electron chi connectivity index (χ2n) is 7.74. The molecule has 1 aromatic carbocycles. The highest BCUT2D eigenvalue weighted by molar-refractivity contribution is 5.66. The topological polar surface area (TPSA) is 0 Å². The molecule has 0 aromatic heterocycles. The van der Waals surface area contributed by atoms with Gasteiger partial charge >= 0.3 is 0 Å². The van der Waals surface area contributed by atoms with Gasteiger partial charge in [0.05, 0.1) is 0 Å². The maximum absolute atomic E-state index is 4.30. The Morgan fingerprint density at radius 2 is 1.50 bits per heavy atom. The number of hydrogen-bond acceptors (Lipinski definition) is 0. The summed E-state index contributed by atoms with van der Waals surface area (Å²) in [5.74, 6) is 0. The van der Waals surface area contributed by atoms with Crippen LogP contribution in [0.5, 0.6) is 0 Å². The molecule has 0 saturated carbocycles. The summed E-state index contributed by atoms with van der Waals surface area (Å²) in [6.07, 6.45) is 2.15. The fourth-order valence-electron chi connectivity index (χ4n) is 2.33. The van der Waals surface area contributed by atoms with E-state index >= 15 is 0 Å². The van der Waals surface area contributed by atoms with Gasteiger partial charge in [-0.2, -0.15) is 0 Å². The highest BCUT2D eigenvalue weighted by Crippen LogP contribution is 2.32. The van der Waals surface area contributed by atoms with Crippen molar-refractivity contribution in [2.75, 3.05) is 0 Å². The minimum atomic E-state index is 0.298. The van der Waals surface area contributed by atoms with Crippen molar-refractivity contribution in [2.24, 2.45) is 10.8 Å². The van der Waals surface area contributed by atoms with Crippen LogP contribution in [0.1, 0.15) is 59.1 Å². The fourth-order valence-corrected chi connectivity index (χ4v) is 2.33. The molecule has 0 radical (unpaired) electrons. The van der Waals surface area contributed by atoms with Gasteiger partial charge in [0.1, 0.15) is 0 Å². The third-order valence-corrected chi connectivity index (χ3v) is 2.86. The van der Waals surface area contributed by atoms with Crippen LogP contribution < -0.4 is 0 Å². The predicted molar refractivity (Wildman–Crippen MR) is 82.7 cm³/mol. The number of benzene rings is 1. The second-order valence-corrected chi connectivity index (χ2v) is 7.74.